The van der Waals surface area contributed by atoms with Gasteiger partial charge in [0.2, 0.25) is 0 Å². The minimum Gasteiger partial charge on any atom is -0.333 e. The fourth-order valence-electron chi connectivity index (χ4n) is 4.48. The van der Waals surface area contributed by atoms with E-state index in [9.17, 15) is 4.79 Å². The number of benzene rings is 1. The zero-order valence-corrected chi connectivity index (χ0v) is 14.8. The molecule has 2 fully saturated rings. The van der Waals surface area contributed by atoms with Crippen LogP contribution >= 0.6 is 0 Å². The van der Waals surface area contributed by atoms with Crippen molar-refractivity contribution in [2.75, 3.05) is 13.1 Å². The Morgan fingerprint density at radius 2 is 1.84 bits per heavy atom. The Morgan fingerprint density at radius 1 is 1.08 bits per heavy atom. The third-order valence-corrected chi connectivity index (χ3v) is 5.69. The van der Waals surface area contributed by atoms with E-state index in [4.69, 9.17) is 0 Å². The summed E-state index contributed by atoms with van der Waals surface area (Å²) in [7, 11) is 1.84. The summed E-state index contributed by atoms with van der Waals surface area (Å²) in [5.74, 6) is 0.133. The lowest BCUT2D eigenvalue weighted by molar-refractivity contribution is 0.0628. The number of likely N-dealkylation sites (tertiary alicyclic amines) is 2. The van der Waals surface area contributed by atoms with Crippen molar-refractivity contribution in [3.8, 4) is 0 Å². The molecule has 1 aromatic heterocycles. The summed E-state index contributed by atoms with van der Waals surface area (Å²) in [6.45, 7) is 2.98. The quantitative estimate of drug-likeness (QED) is 0.861. The molecule has 2 atom stereocenters. The Labute approximate surface area is 149 Å². The summed E-state index contributed by atoms with van der Waals surface area (Å²) in [6.07, 6.45) is 6.33. The number of rotatable bonds is 4. The van der Waals surface area contributed by atoms with Crippen LogP contribution in [0.4, 0.5) is 0 Å². The maximum atomic E-state index is 13.0. The SMILES string of the molecule is Cn1nccc1C(=O)N1CCC[C@H]1[C@H]1CCCN1Cc1ccccc1. The molecule has 0 unspecified atom stereocenters. The Bertz CT molecular complexity index is 726. The number of aromatic nitrogens is 2. The van der Waals surface area contributed by atoms with Gasteiger partial charge in [0.05, 0.1) is 0 Å². The topological polar surface area (TPSA) is 41.4 Å². The Kier molecular flexibility index (Phi) is 4.57. The highest BCUT2D eigenvalue weighted by molar-refractivity contribution is 5.93. The van der Waals surface area contributed by atoms with Crippen molar-refractivity contribution in [3.63, 3.8) is 0 Å². The smallest absolute Gasteiger partial charge is 0.272 e. The van der Waals surface area contributed by atoms with Gasteiger partial charge in [0.25, 0.3) is 5.91 Å². The molecule has 0 N–H and O–H groups in total. The van der Waals surface area contributed by atoms with Gasteiger partial charge in [0.1, 0.15) is 5.69 Å². The molecule has 0 saturated carbocycles. The van der Waals surface area contributed by atoms with Crippen LogP contribution in [-0.2, 0) is 13.6 Å². The zero-order valence-electron chi connectivity index (χ0n) is 14.8. The van der Waals surface area contributed by atoms with Crippen LogP contribution in [0.25, 0.3) is 0 Å². The first kappa shape index (κ1) is 16.3. The minimum atomic E-state index is 0.133. The van der Waals surface area contributed by atoms with Gasteiger partial charge in [-0.2, -0.15) is 5.10 Å². The first-order chi connectivity index (χ1) is 12.2. The largest absolute Gasteiger partial charge is 0.333 e. The highest BCUT2D eigenvalue weighted by Crippen LogP contribution is 2.32. The lowest BCUT2D eigenvalue weighted by atomic mass is 10.0. The van der Waals surface area contributed by atoms with E-state index in [1.54, 1.807) is 10.9 Å². The molecule has 5 nitrogen and oxygen atoms in total. The highest BCUT2D eigenvalue weighted by Gasteiger charge is 2.40. The van der Waals surface area contributed by atoms with E-state index in [-0.39, 0.29) is 5.91 Å². The van der Waals surface area contributed by atoms with Gasteiger partial charge < -0.3 is 4.90 Å². The minimum absolute atomic E-state index is 0.133. The van der Waals surface area contributed by atoms with Gasteiger partial charge in [-0.1, -0.05) is 30.3 Å². The van der Waals surface area contributed by atoms with E-state index >= 15 is 0 Å². The molecular weight excluding hydrogens is 312 g/mol. The number of hydrogen-bond acceptors (Lipinski definition) is 3. The maximum absolute atomic E-state index is 13.0. The normalized spacial score (nSPS) is 24.1. The van der Waals surface area contributed by atoms with E-state index in [1.807, 2.05) is 13.1 Å². The van der Waals surface area contributed by atoms with Gasteiger partial charge in [-0.15, -0.1) is 0 Å². The Balaban J connectivity index is 1.51. The second-order valence-electron chi connectivity index (χ2n) is 7.21. The van der Waals surface area contributed by atoms with Gasteiger partial charge in [-0.05, 0) is 43.9 Å². The lowest BCUT2D eigenvalue weighted by Crippen LogP contribution is -2.48. The number of amides is 1. The molecule has 0 bridgehead atoms. The van der Waals surface area contributed by atoms with Crippen LogP contribution in [-0.4, -0.2) is 50.7 Å². The van der Waals surface area contributed by atoms with E-state index in [0.29, 0.717) is 17.8 Å². The molecule has 5 heteroatoms. The average Bonchev–Trinajstić information content (AvgIpc) is 3.35. The number of carbonyl (C=O) groups excluding carboxylic acids is 1. The third kappa shape index (κ3) is 3.21. The molecule has 0 spiro atoms. The molecule has 2 aliphatic heterocycles. The molecule has 1 amide bonds. The van der Waals surface area contributed by atoms with Crippen molar-refractivity contribution in [1.29, 1.82) is 0 Å². The van der Waals surface area contributed by atoms with Crippen LogP contribution in [0.2, 0.25) is 0 Å². The second-order valence-corrected chi connectivity index (χ2v) is 7.21. The number of carbonyl (C=O) groups is 1. The molecule has 2 aromatic rings. The fraction of sp³-hybridized carbons (Fsp3) is 0.500. The van der Waals surface area contributed by atoms with Crippen molar-refractivity contribution in [3.05, 3.63) is 53.9 Å². The van der Waals surface area contributed by atoms with Crippen molar-refractivity contribution >= 4 is 5.91 Å². The van der Waals surface area contributed by atoms with Crippen LogP contribution in [0.5, 0.6) is 0 Å². The van der Waals surface area contributed by atoms with Crippen molar-refractivity contribution in [1.82, 2.24) is 19.6 Å². The monoisotopic (exact) mass is 338 g/mol. The standard InChI is InChI=1S/C20H26N4O/c1-22-19(11-12-21-22)20(25)24-14-6-10-18(24)17-9-5-13-23(17)15-16-7-3-2-4-8-16/h2-4,7-8,11-12,17-18H,5-6,9-10,13-15H2,1H3/t17-,18+/m1/s1. The summed E-state index contributed by atoms with van der Waals surface area (Å²) in [4.78, 5) is 17.7. The van der Waals surface area contributed by atoms with Crippen LogP contribution < -0.4 is 0 Å². The van der Waals surface area contributed by atoms with Gasteiger partial charge in [-0.25, -0.2) is 0 Å². The first-order valence-electron chi connectivity index (χ1n) is 9.31. The number of aryl methyl sites for hydroxylation is 1. The summed E-state index contributed by atoms with van der Waals surface area (Å²) in [5.41, 5.74) is 2.05. The summed E-state index contributed by atoms with van der Waals surface area (Å²) < 4.78 is 1.69. The van der Waals surface area contributed by atoms with Crippen molar-refractivity contribution in [2.45, 2.75) is 44.3 Å². The molecule has 132 valence electrons. The molecule has 25 heavy (non-hydrogen) atoms. The molecule has 2 aliphatic rings. The predicted molar refractivity (Wildman–Crippen MR) is 97.1 cm³/mol. The van der Waals surface area contributed by atoms with E-state index in [0.717, 1.165) is 32.5 Å². The molecule has 4 rings (SSSR count). The van der Waals surface area contributed by atoms with Gasteiger partial charge in [0.15, 0.2) is 0 Å². The third-order valence-electron chi connectivity index (χ3n) is 5.69. The molecule has 1 aromatic carbocycles. The molecule has 3 heterocycles. The summed E-state index contributed by atoms with van der Waals surface area (Å²) in [6, 6.07) is 13.3. The summed E-state index contributed by atoms with van der Waals surface area (Å²) in [5, 5.41) is 4.16. The van der Waals surface area contributed by atoms with E-state index < -0.39 is 0 Å². The lowest BCUT2D eigenvalue weighted by Gasteiger charge is -2.35. The van der Waals surface area contributed by atoms with Crippen molar-refractivity contribution < 1.29 is 4.79 Å². The van der Waals surface area contributed by atoms with Crippen LogP contribution in [0.15, 0.2) is 42.6 Å². The van der Waals surface area contributed by atoms with Gasteiger partial charge in [-0.3, -0.25) is 14.4 Å². The fourth-order valence-corrected chi connectivity index (χ4v) is 4.48. The highest BCUT2D eigenvalue weighted by atomic mass is 16.2. The van der Waals surface area contributed by atoms with E-state index in [2.05, 4.69) is 45.2 Å². The zero-order chi connectivity index (χ0) is 17.2. The Hall–Kier alpha value is -2.14. The predicted octanol–water partition coefficient (Wildman–Crippen LogP) is 2.69. The Morgan fingerprint density at radius 3 is 2.60 bits per heavy atom. The second kappa shape index (κ2) is 7.00. The van der Waals surface area contributed by atoms with Crippen LogP contribution in [0, 0.1) is 0 Å². The molecular formula is C20H26N4O. The van der Waals surface area contributed by atoms with E-state index in [1.165, 1.54) is 18.4 Å². The first-order valence-corrected chi connectivity index (χ1v) is 9.31. The molecule has 2 saturated heterocycles. The van der Waals surface area contributed by atoms with Crippen LogP contribution in [0.1, 0.15) is 41.7 Å². The van der Waals surface area contributed by atoms with Crippen LogP contribution in [0.3, 0.4) is 0 Å². The molecule has 0 radical (unpaired) electrons. The van der Waals surface area contributed by atoms with Crippen molar-refractivity contribution in [2.24, 2.45) is 7.05 Å². The average molecular weight is 338 g/mol. The number of nitrogens with zero attached hydrogens (tertiary/aromatic N) is 4. The number of hydrogen-bond donors (Lipinski definition) is 0. The van der Waals surface area contributed by atoms with Gasteiger partial charge >= 0.3 is 0 Å². The van der Waals surface area contributed by atoms with Gasteiger partial charge in [0, 0.05) is 38.4 Å². The maximum Gasteiger partial charge on any atom is 0.272 e. The summed E-state index contributed by atoms with van der Waals surface area (Å²) >= 11 is 0. The molecule has 0 aliphatic carbocycles.